The van der Waals surface area contributed by atoms with E-state index < -0.39 is 75.9 Å². The van der Waals surface area contributed by atoms with E-state index in [4.69, 9.17) is 9.84 Å². The molecule has 9 atom stereocenters. The van der Waals surface area contributed by atoms with Crippen molar-refractivity contribution in [3.8, 4) is 0 Å². The Balaban J connectivity index is 0.000000712. The van der Waals surface area contributed by atoms with Crippen molar-refractivity contribution in [1.29, 1.82) is 0 Å². The van der Waals surface area contributed by atoms with Gasteiger partial charge in [0.15, 0.2) is 11.6 Å². The number of carbonyl (C=O) groups is 6. The van der Waals surface area contributed by atoms with Gasteiger partial charge in [-0.1, -0.05) is 38.8 Å². The van der Waals surface area contributed by atoms with E-state index >= 15 is 0 Å². The number of carboxylic acid groups (broad SMARTS) is 2. The molecule has 0 radical (unpaired) electrons. The molecule has 8 unspecified atom stereocenters. The first-order valence-corrected chi connectivity index (χ1v) is 18.4. The fourth-order valence-corrected chi connectivity index (χ4v) is 9.38. The summed E-state index contributed by atoms with van der Waals surface area (Å²) in [6.07, 6.45) is 7.88. The summed E-state index contributed by atoms with van der Waals surface area (Å²) < 4.78 is 5.24. The van der Waals surface area contributed by atoms with Crippen molar-refractivity contribution in [3.05, 3.63) is 44.0 Å². The maximum atomic E-state index is 13.6. The van der Waals surface area contributed by atoms with Gasteiger partial charge in [-0.3, -0.25) is 24.0 Å². The first kappa shape index (κ1) is 44.5. The molecule has 0 bridgehead atoms. The minimum absolute atomic E-state index is 0.0115. The number of rotatable bonds is 19. The zero-order valence-corrected chi connectivity index (χ0v) is 31.2. The highest BCUT2D eigenvalue weighted by Crippen LogP contribution is 2.67. The third-order valence-corrected chi connectivity index (χ3v) is 11.5. The molecule has 3 fully saturated rings. The molecule has 4 rings (SSSR count). The summed E-state index contributed by atoms with van der Waals surface area (Å²) in [5.41, 5.74) is 0.130. The molecule has 0 aromatic rings. The van der Waals surface area contributed by atoms with Gasteiger partial charge in [0.25, 0.3) is 10.2 Å². The van der Waals surface area contributed by atoms with Crippen LogP contribution >= 0.6 is 0 Å². The predicted molar refractivity (Wildman–Crippen MR) is 187 cm³/mol. The summed E-state index contributed by atoms with van der Waals surface area (Å²) in [5, 5.41) is 49.2. The summed E-state index contributed by atoms with van der Waals surface area (Å²) in [6.45, 7) is 5.37. The van der Waals surface area contributed by atoms with Gasteiger partial charge in [0.2, 0.25) is 5.91 Å². The second-order valence-electron chi connectivity index (χ2n) is 15.2. The molecule has 19 heteroatoms. The molecule has 0 saturated heterocycles. The van der Waals surface area contributed by atoms with E-state index in [-0.39, 0.29) is 67.7 Å². The number of esters is 1. The molecule has 4 aliphatic carbocycles. The average molecular weight is 782 g/mol. The molecule has 1 amide bonds. The summed E-state index contributed by atoms with van der Waals surface area (Å²) in [6, 6.07) is -1.54. The zero-order valence-electron chi connectivity index (χ0n) is 31.2. The molecule has 3 saturated carbocycles. The first-order chi connectivity index (χ1) is 25.8. The van der Waals surface area contributed by atoms with Crippen molar-refractivity contribution in [2.45, 2.75) is 104 Å². The number of carboxylic acids is 2. The lowest BCUT2D eigenvalue weighted by molar-refractivity contribution is -0.757. The van der Waals surface area contributed by atoms with Crippen LogP contribution in [0.5, 0.6) is 0 Å². The highest BCUT2D eigenvalue weighted by Gasteiger charge is 2.64. The number of hydrogen-bond acceptors (Lipinski definition) is 14. The predicted octanol–water partition coefficient (Wildman–Crippen LogP) is 3.03. The monoisotopic (exact) mass is 781 g/mol. The molecule has 55 heavy (non-hydrogen) atoms. The van der Waals surface area contributed by atoms with Gasteiger partial charge in [0, 0.05) is 30.1 Å². The lowest BCUT2D eigenvalue weighted by atomic mass is 9.46. The Hall–Kier alpha value is -4.94. The lowest BCUT2D eigenvalue weighted by Gasteiger charge is -2.58. The number of ether oxygens (including phenoxy) is 1. The van der Waals surface area contributed by atoms with Crippen molar-refractivity contribution in [1.82, 2.24) is 5.32 Å². The molecule has 4 N–H and O–H groups in total. The smallest absolute Gasteiger partial charge is 0.326 e. The molecule has 306 valence electrons. The molecule has 0 heterocycles. The van der Waals surface area contributed by atoms with Gasteiger partial charge in [-0.2, -0.15) is 0 Å². The maximum absolute atomic E-state index is 13.6. The highest BCUT2D eigenvalue weighted by molar-refractivity contribution is 6.01. The van der Waals surface area contributed by atoms with Gasteiger partial charge < -0.3 is 35.0 Å². The molecule has 19 nitrogen and oxygen atoms in total. The van der Waals surface area contributed by atoms with Crippen LogP contribution in [0.3, 0.4) is 0 Å². The Morgan fingerprint density at radius 1 is 1.00 bits per heavy atom. The van der Waals surface area contributed by atoms with E-state index in [9.17, 15) is 59.2 Å². The SMILES string of the molecule is C[C@@H]1CC2C3CCC4=CC(=O)C=CC4(C)C3C(O)CC2(C)C1C(=O)COC(=O)CC(NC(=O)CCCCCO[N+](=O)[O-])C(=O)O.O=C(O)CCCO[N+](=O)[O-]. The molecule has 0 spiro atoms. The molecular formula is C36H51N3O16. The number of ketones is 2. The summed E-state index contributed by atoms with van der Waals surface area (Å²) in [7, 11) is 0. The number of allylic oxidation sites excluding steroid dienone is 4. The van der Waals surface area contributed by atoms with Crippen LogP contribution in [0.2, 0.25) is 0 Å². The van der Waals surface area contributed by atoms with Crippen molar-refractivity contribution in [2.24, 2.45) is 40.4 Å². The summed E-state index contributed by atoms with van der Waals surface area (Å²) >= 11 is 0. The average Bonchev–Trinajstić information content (AvgIpc) is 3.36. The number of hydrogen-bond donors (Lipinski definition) is 4. The van der Waals surface area contributed by atoms with Crippen LogP contribution in [-0.2, 0) is 43.2 Å². The van der Waals surface area contributed by atoms with Gasteiger partial charge in [-0.15, -0.1) is 20.2 Å². The highest BCUT2D eigenvalue weighted by atomic mass is 17.0. The Morgan fingerprint density at radius 2 is 1.65 bits per heavy atom. The van der Waals surface area contributed by atoms with Crippen LogP contribution in [0.15, 0.2) is 23.8 Å². The third kappa shape index (κ3) is 11.8. The fourth-order valence-electron chi connectivity index (χ4n) is 9.38. The number of aliphatic hydroxyl groups is 1. The summed E-state index contributed by atoms with van der Waals surface area (Å²) in [5.74, 6) is -4.42. The number of amides is 1. The normalized spacial score (nSPS) is 29.4. The number of nitrogens with one attached hydrogen (secondary N) is 1. The molecule has 0 aromatic heterocycles. The number of unbranched alkanes of at least 4 members (excludes halogenated alkanes) is 2. The van der Waals surface area contributed by atoms with Crippen molar-refractivity contribution in [3.63, 3.8) is 0 Å². The fraction of sp³-hybridized carbons (Fsp3) is 0.722. The van der Waals surface area contributed by atoms with E-state index in [0.717, 1.165) is 24.8 Å². The van der Waals surface area contributed by atoms with Crippen LogP contribution in [0, 0.1) is 60.6 Å². The minimum Gasteiger partial charge on any atom is -0.481 e. The molecular weight excluding hydrogens is 730 g/mol. The van der Waals surface area contributed by atoms with Gasteiger partial charge in [-0.25, -0.2) is 4.79 Å². The lowest BCUT2D eigenvalue weighted by Crippen LogP contribution is -2.56. The van der Waals surface area contributed by atoms with Crippen LogP contribution in [0.4, 0.5) is 0 Å². The quantitative estimate of drug-likeness (QED) is 0.0634. The van der Waals surface area contributed by atoms with Gasteiger partial charge in [0.05, 0.1) is 25.7 Å². The Bertz CT molecular complexity index is 1530. The standard InChI is InChI=1S/C32H44N2O11.C4H7NO5/c1-18-13-22-21-9-8-19-14-20(35)10-11-31(19,2)29(21)24(36)16-32(22,3)28(18)25(37)17-44-27(39)15-23(30(40)41)33-26(38)7-5-4-6-12-45-34(42)43;6-4(7)2-1-3-10-5(8)9/h10-11,14,18,21-24,28-29,36H,4-9,12-13,15-17H2,1-3H3,(H,33,38)(H,40,41);1-3H2,(H,6,7)/t18-,21?,22?,23?,24?,28?,29?,31?,32?;/m1./s1. The Labute approximate surface area is 317 Å². The number of fused-ring (bicyclic) bond motifs is 5. The van der Waals surface area contributed by atoms with E-state index in [2.05, 4.69) is 21.9 Å². The molecule has 0 aromatic carbocycles. The largest absolute Gasteiger partial charge is 0.481 e. The number of aliphatic hydroxyl groups excluding tert-OH is 1. The van der Waals surface area contributed by atoms with Crippen LogP contribution in [0.25, 0.3) is 0 Å². The number of Topliss-reactive ketones (excluding diaryl/α,β-unsaturated/α-hetero) is 1. The second kappa shape index (κ2) is 19.6. The van der Waals surface area contributed by atoms with Gasteiger partial charge in [-0.05, 0) is 80.3 Å². The first-order valence-electron chi connectivity index (χ1n) is 18.4. The van der Waals surface area contributed by atoms with Crippen LogP contribution in [-0.4, -0.2) is 92.8 Å². The van der Waals surface area contributed by atoms with Gasteiger partial charge >= 0.3 is 17.9 Å². The number of carbonyl (C=O) groups excluding carboxylic acids is 4. The van der Waals surface area contributed by atoms with E-state index in [1.54, 1.807) is 12.2 Å². The van der Waals surface area contributed by atoms with Crippen LogP contribution in [0.1, 0.15) is 91.4 Å². The van der Waals surface area contributed by atoms with Gasteiger partial charge in [0.1, 0.15) is 12.6 Å². The van der Waals surface area contributed by atoms with Crippen LogP contribution < -0.4 is 5.32 Å². The van der Waals surface area contributed by atoms with E-state index in [0.29, 0.717) is 25.7 Å². The van der Waals surface area contributed by atoms with Crippen molar-refractivity contribution < 1.29 is 68.7 Å². The minimum atomic E-state index is -1.54. The second-order valence-corrected chi connectivity index (χ2v) is 15.2. The molecule has 4 aliphatic rings. The Kier molecular flexibility index (Phi) is 15.8. The van der Waals surface area contributed by atoms with Crippen molar-refractivity contribution >= 4 is 35.4 Å². The molecule has 0 aliphatic heterocycles. The van der Waals surface area contributed by atoms with E-state index in [1.807, 2.05) is 19.9 Å². The van der Waals surface area contributed by atoms with Crippen molar-refractivity contribution in [2.75, 3.05) is 19.8 Å². The topological polar surface area (TPSA) is 289 Å². The Morgan fingerprint density at radius 3 is 2.27 bits per heavy atom. The number of aliphatic carboxylic acids is 2. The summed E-state index contributed by atoms with van der Waals surface area (Å²) in [4.78, 5) is 99.6. The zero-order chi connectivity index (χ0) is 41.1. The van der Waals surface area contributed by atoms with E-state index in [1.165, 1.54) is 0 Å². The third-order valence-electron chi connectivity index (χ3n) is 11.5. The number of nitrogens with zero attached hydrogens (tertiary/aromatic N) is 2. The maximum Gasteiger partial charge on any atom is 0.326 e.